The van der Waals surface area contributed by atoms with Gasteiger partial charge >= 0.3 is 0 Å². The Labute approximate surface area is 127 Å². The molecule has 3 nitrogen and oxygen atoms in total. The zero-order valence-corrected chi connectivity index (χ0v) is 13.2. The van der Waals surface area contributed by atoms with Gasteiger partial charge in [-0.2, -0.15) is 0 Å². The van der Waals surface area contributed by atoms with Crippen LogP contribution in [0.1, 0.15) is 44.1 Å². The molecule has 0 aromatic heterocycles. The molecule has 2 fully saturated rings. The fourth-order valence-corrected chi connectivity index (χ4v) is 3.97. The van der Waals surface area contributed by atoms with Gasteiger partial charge in [-0.3, -0.25) is 9.59 Å². The molecule has 1 aliphatic heterocycles. The molecule has 4 heteroatoms. The first kappa shape index (κ1) is 13.8. The summed E-state index contributed by atoms with van der Waals surface area (Å²) in [6.07, 6.45) is 5.36. The summed E-state index contributed by atoms with van der Waals surface area (Å²) >= 11 is 3.45. The molecule has 1 spiro atoms. The molecule has 0 bridgehead atoms. The number of hydrogen-bond donors (Lipinski definition) is 0. The number of halogens is 1. The highest BCUT2D eigenvalue weighted by Gasteiger charge is 2.45. The number of benzene rings is 1. The number of carbonyl (C=O) groups excluding carboxylic acids is 2. The Morgan fingerprint density at radius 2 is 1.70 bits per heavy atom. The number of imide groups is 1. The van der Waals surface area contributed by atoms with E-state index in [1.165, 1.54) is 4.90 Å². The third-order valence-corrected chi connectivity index (χ3v) is 5.23. The van der Waals surface area contributed by atoms with Crippen LogP contribution in [0.5, 0.6) is 0 Å². The molecule has 0 radical (unpaired) electrons. The van der Waals surface area contributed by atoms with E-state index in [0.717, 1.165) is 35.7 Å². The Hall–Kier alpha value is -1.16. The Balaban J connectivity index is 1.93. The SMILES string of the molecule is Cc1ccc(Br)c(N2C(=O)CC3(CCCC3)CC2=O)c1. The summed E-state index contributed by atoms with van der Waals surface area (Å²) in [6, 6.07) is 5.75. The second-order valence-electron chi connectivity index (χ2n) is 6.14. The number of anilines is 1. The van der Waals surface area contributed by atoms with Crippen molar-refractivity contribution < 1.29 is 9.59 Å². The van der Waals surface area contributed by atoms with Crippen LogP contribution in [0.4, 0.5) is 5.69 Å². The van der Waals surface area contributed by atoms with E-state index in [1.54, 1.807) is 0 Å². The van der Waals surface area contributed by atoms with Gasteiger partial charge in [0, 0.05) is 17.3 Å². The van der Waals surface area contributed by atoms with E-state index >= 15 is 0 Å². The van der Waals surface area contributed by atoms with Crippen LogP contribution in [0.3, 0.4) is 0 Å². The van der Waals surface area contributed by atoms with Crippen LogP contribution in [0.2, 0.25) is 0 Å². The van der Waals surface area contributed by atoms with Crippen LogP contribution in [0.15, 0.2) is 22.7 Å². The topological polar surface area (TPSA) is 37.4 Å². The minimum absolute atomic E-state index is 0.0407. The van der Waals surface area contributed by atoms with Crippen molar-refractivity contribution in [3.8, 4) is 0 Å². The van der Waals surface area contributed by atoms with Crippen LogP contribution in [-0.2, 0) is 9.59 Å². The minimum Gasteiger partial charge on any atom is -0.274 e. The van der Waals surface area contributed by atoms with Crippen LogP contribution >= 0.6 is 15.9 Å². The molecule has 1 aromatic rings. The summed E-state index contributed by atoms with van der Waals surface area (Å²) in [5.74, 6) is -0.0936. The highest BCUT2D eigenvalue weighted by atomic mass is 79.9. The molecule has 0 atom stereocenters. The number of aryl methyl sites for hydroxylation is 1. The van der Waals surface area contributed by atoms with Crippen molar-refractivity contribution in [2.75, 3.05) is 4.90 Å². The van der Waals surface area contributed by atoms with Gasteiger partial charge in [-0.15, -0.1) is 0 Å². The quantitative estimate of drug-likeness (QED) is 0.728. The highest BCUT2D eigenvalue weighted by molar-refractivity contribution is 9.10. The van der Waals surface area contributed by atoms with Gasteiger partial charge in [-0.05, 0) is 58.8 Å². The van der Waals surface area contributed by atoms with Crippen molar-refractivity contribution in [2.24, 2.45) is 5.41 Å². The van der Waals surface area contributed by atoms with Gasteiger partial charge in [0.05, 0.1) is 5.69 Å². The molecule has 1 aromatic carbocycles. The molecule has 0 unspecified atom stereocenters. The predicted octanol–water partition coefficient (Wildman–Crippen LogP) is 3.97. The van der Waals surface area contributed by atoms with E-state index in [9.17, 15) is 9.59 Å². The molecular weight excluding hydrogens is 318 g/mol. The first-order valence-corrected chi connectivity index (χ1v) is 7.92. The first-order valence-electron chi connectivity index (χ1n) is 7.13. The average Bonchev–Trinajstić information content (AvgIpc) is 2.80. The lowest BCUT2D eigenvalue weighted by molar-refractivity contribution is -0.133. The van der Waals surface area contributed by atoms with Crippen LogP contribution in [0, 0.1) is 12.3 Å². The molecule has 1 saturated carbocycles. The lowest BCUT2D eigenvalue weighted by Crippen LogP contribution is -2.47. The molecule has 1 heterocycles. The zero-order chi connectivity index (χ0) is 14.3. The number of amides is 2. The van der Waals surface area contributed by atoms with Crippen molar-refractivity contribution in [3.63, 3.8) is 0 Å². The van der Waals surface area contributed by atoms with E-state index in [4.69, 9.17) is 0 Å². The summed E-state index contributed by atoms with van der Waals surface area (Å²) in [6.45, 7) is 1.97. The Morgan fingerprint density at radius 3 is 2.30 bits per heavy atom. The summed E-state index contributed by atoms with van der Waals surface area (Å²) in [5.41, 5.74) is 1.69. The number of piperidine rings is 1. The molecule has 2 amide bonds. The van der Waals surface area contributed by atoms with Gasteiger partial charge < -0.3 is 0 Å². The first-order chi connectivity index (χ1) is 9.51. The van der Waals surface area contributed by atoms with Crippen molar-refractivity contribution in [1.29, 1.82) is 0 Å². The maximum atomic E-state index is 12.5. The van der Waals surface area contributed by atoms with Gasteiger partial charge in [0.15, 0.2) is 0 Å². The smallest absolute Gasteiger partial charge is 0.234 e. The Bertz CT molecular complexity index is 556. The fraction of sp³-hybridized carbons (Fsp3) is 0.500. The minimum atomic E-state index is -0.0468. The molecule has 3 rings (SSSR count). The number of carbonyl (C=O) groups is 2. The molecule has 2 aliphatic rings. The standard InChI is InChI=1S/C16H18BrNO2/c1-11-4-5-12(17)13(8-11)18-14(19)9-16(10-15(18)20)6-2-3-7-16/h4-5,8H,2-3,6-7,9-10H2,1H3. The third-order valence-electron chi connectivity index (χ3n) is 4.56. The monoisotopic (exact) mass is 335 g/mol. The van der Waals surface area contributed by atoms with Gasteiger partial charge in [0.1, 0.15) is 0 Å². The van der Waals surface area contributed by atoms with E-state index < -0.39 is 0 Å². The molecule has 20 heavy (non-hydrogen) atoms. The molecule has 0 N–H and O–H groups in total. The Kier molecular flexibility index (Phi) is 3.44. The van der Waals surface area contributed by atoms with Gasteiger partial charge in [-0.1, -0.05) is 18.9 Å². The molecule has 1 aliphatic carbocycles. The maximum Gasteiger partial charge on any atom is 0.234 e. The lowest BCUT2D eigenvalue weighted by atomic mass is 9.76. The van der Waals surface area contributed by atoms with E-state index in [1.807, 2.05) is 25.1 Å². The number of nitrogens with zero attached hydrogens (tertiary/aromatic N) is 1. The second kappa shape index (κ2) is 4.99. The molecular formula is C16H18BrNO2. The van der Waals surface area contributed by atoms with Crippen LogP contribution in [-0.4, -0.2) is 11.8 Å². The van der Waals surface area contributed by atoms with Crippen LogP contribution < -0.4 is 4.90 Å². The van der Waals surface area contributed by atoms with Gasteiger partial charge in [-0.25, -0.2) is 4.90 Å². The lowest BCUT2D eigenvalue weighted by Gasteiger charge is -2.37. The molecule has 1 saturated heterocycles. The number of rotatable bonds is 1. The fourth-order valence-electron chi connectivity index (χ4n) is 3.54. The van der Waals surface area contributed by atoms with Gasteiger partial charge in [0.25, 0.3) is 0 Å². The van der Waals surface area contributed by atoms with Crippen molar-refractivity contribution in [1.82, 2.24) is 0 Å². The zero-order valence-electron chi connectivity index (χ0n) is 11.6. The normalized spacial score (nSPS) is 21.8. The third kappa shape index (κ3) is 2.30. The second-order valence-corrected chi connectivity index (χ2v) is 6.99. The summed E-state index contributed by atoms with van der Waals surface area (Å²) in [5, 5.41) is 0. The van der Waals surface area contributed by atoms with E-state index in [2.05, 4.69) is 15.9 Å². The summed E-state index contributed by atoms with van der Waals surface area (Å²) < 4.78 is 0.798. The van der Waals surface area contributed by atoms with E-state index in [0.29, 0.717) is 18.5 Å². The largest absolute Gasteiger partial charge is 0.274 e. The van der Waals surface area contributed by atoms with Crippen molar-refractivity contribution in [2.45, 2.75) is 45.4 Å². The Morgan fingerprint density at radius 1 is 1.10 bits per heavy atom. The van der Waals surface area contributed by atoms with Crippen molar-refractivity contribution in [3.05, 3.63) is 28.2 Å². The van der Waals surface area contributed by atoms with Crippen LogP contribution in [0.25, 0.3) is 0 Å². The average molecular weight is 336 g/mol. The van der Waals surface area contributed by atoms with Gasteiger partial charge in [0.2, 0.25) is 11.8 Å². The van der Waals surface area contributed by atoms with E-state index in [-0.39, 0.29) is 17.2 Å². The number of hydrogen-bond acceptors (Lipinski definition) is 2. The maximum absolute atomic E-state index is 12.5. The summed E-state index contributed by atoms with van der Waals surface area (Å²) in [7, 11) is 0. The predicted molar refractivity (Wildman–Crippen MR) is 81.5 cm³/mol. The van der Waals surface area contributed by atoms with Crippen molar-refractivity contribution >= 4 is 33.4 Å². The molecule has 106 valence electrons. The highest BCUT2D eigenvalue weighted by Crippen LogP contribution is 2.48. The summed E-state index contributed by atoms with van der Waals surface area (Å²) in [4.78, 5) is 26.4.